The van der Waals surface area contributed by atoms with Gasteiger partial charge in [-0.25, -0.2) is 14.4 Å². The van der Waals surface area contributed by atoms with Crippen molar-refractivity contribution in [2.24, 2.45) is 16.6 Å². The van der Waals surface area contributed by atoms with Gasteiger partial charge in [0.25, 0.3) is 5.91 Å². The highest BCUT2D eigenvalue weighted by atomic mass is 19.1. The summed E-state index contributed by atoms with van der Waals surface area (Å²) in [6.45, 7) is -11.9. The average molecular weight is 400 g/mol. The Hall–Kier alpha value is -3.26. The number of carbonyl (C=O) groups is 1. The Bertz CT molecular complexity index is 1450. The fraction of sp³-hybridized carbons (Fsp3) is 0.286. The number of hydrogen-bond donors (Lipinski definition) is 2. The van der Waals surface area contributed by atoms with Gasteiger partial charge in [-0.1, -0.05) is 6.08 Å². The second kappa shape index (κ2) is 6.66. The first-order valence-corrected chi connectivity index (χ1v) is 8.74. The van der Waals surface area contributed by atoms with Gasteiger partial charge >= 0.3 is 0 Å². The molecule has 5 rings (SSSR count). The van der Waals surface area contributed by atoms with E-state index >= 15 is 0 Å². The maximum atomic E-state index is 14.5. The van der Waals surface area contributed by atoms with Crippen molar-refractivity contribution in [2.45, 2.75) is 0 Å². The summed E-state index contributed by atoms with van der Waals surface area (Å²) in [4.78, 5) is 24.7. The highest BCUT2D eigenvalue weighted by Gasteiger charge is 2.35. The number of amides is 1. The van der Waals surface area contributed by atoms with Crippen LogP contribution >= 0.6 is 0 Å². The quantitative estimate of drug-likeness (QED) is 0.805. The van der Waals surface area contributed by atoms with E-state index in [9.17, 15) is 9.18 Å². The molecule has 2 aromatic rings. The number of nitrogens with one attached hydrogen (secondary N) is 1. The molecule has 1 saturated heterocycles. The predicted molar refractivity (Wildman–Crippen MR) is 111 cm³/mol. The molecular weight excluding hydrogens is 371 g/mol. The molecule has 2 aliphatic heterocycles. The number of aliphatic imine (C=N–C) groups is 1. The Morgan fingerprint density at radius 2 is 2.10 bits per heavy atom. The van der Waals surface area contributed by atoms with Gasteiger partial charge in [-0.05, 0) is 37.4 Å². The van der Waals surface area contributed by atoms with Crippen LogP contribution in [0, 0.1) is 5.92 Å². The molecule has 0 spiro atoms. The van der Waals surface area contributed by atoms with E-state index in [2.05, 4.69) is 15.0 Å². The molecule has 0 saturated carbocycles. The van der Waals surface area contributed by atoms with Gasteiger partial charge in [0.1, 0.15) is 17.2 Å². The number of rotatable bonds is 2. The van der Waals surface area contributed by atoms with Crippen molar-refractivity contribution in [3.8, 4) is 0 Å². The van der Waals surface area contributed by atoms with Crippen LogP contribution < -0.4 is 10.6 Å². The number of nitrogens with two attached hydrogens (primary N) is 1. The summed E-state index contributed by atoms with van der Waals surface area (Å²) in [5, 5.41) is 0. The number of aromatic nitrogens is 2. The van der Waals surface area contributed by atoms with Gasteiger partial charge in [-0.2, -0.15) is 0 Å². The van der Waals surface area contributed by atoms with Gasteiger partial charge in [0.2, 0.25) is 0 Å². The number of allylic oxidation sites excluding steroid dienone is 4. The molecule has 1 atom stereocenters. The minimum absolute atomic E-state index is 0.0325. The number of piperazine rings is 1. The second-order valence-corrected chi connectivity index (χ2v) is 6.64. The lowest BCUT2D eigenvalue weighted by molar-refractivity contribution is -0.112. The summed E-state index contributed by atoms with van der Waals surface area (Å²) in [6, 6.07) is 3.91. The van der Waals surface area contributed by atoms with Crippen molar-refractivity contribution >= 4 is 33.9 Å². The lowest BCUT2D eigenvalue weighted by Crippen LogP contribution is -2.44. The molecule has 1 amide bonds. The predicted octanol–water partition coefficient (Wildman–Crippen LogP) is 2.01. The van der Waals surface area contributed by atoms with Crippen molar-refractivity contribution in [1.29, 1.82) is 0 Å². The maximum absolute atomic E-state index is 14.5. The fourth-order valence-electron chi connectivity index (χ4n) is 3.35. The Labute approximate surface area is 178 Å². The average Bonchev–Trinajstić information content (AvgIpc) is 3.19. The van der Waals surface area contributed by atoms with Crippen molar-refractivity contribution in [2.75, 3.05) is 37.9 Å². The number of carbonyl (C=O) groups excluding carboxylic acids is 1. The third-order valence-corrected chi connectivity index (χ3v) is 4.76. The number of dihydropyridines is 1. The van der Waals surface area contributed by atoms with Gasteiger partial charge in [0.15, 0.2) is 0 Å². The van der Waals surface area contributed by atoms with Crippen LogP contribution in [-0.4, -0.2) is 59.5 Å². The zero-order valence-corrected chi connectivity index (χ0v) is 15.2. The molecule has 0 radical (unpaired) electrons. The fourth-order valence-corrected chi connectivity index (χ4v) is 3.35. The first-order valence-electron chi connectivity index (χ1n) is 12.7. The molecule has 1 aromatic heterocycles. The van der Waals surface area contributed by atoms with Crippen LogP contribution in [0.4, 0.5) is 10.1 Å². The van der Waals surface area contributed by atoms with Crippen LogP contribution in [0.3, 0.4) is 0 Å². The van der Waals surface area contributed by atoms with E-state index < -0.39 is 43.6 Å². The molecular formula is C21H21FN6O. The normalized spacial score (nSPS) is 33.8. The number of likely N-dealkylation sites (N-methyl/N-ethyl adjacent to an activating group) is 1. The number of halogens is 1. The summed E-state index contributed by atoms with van der Waals surface area (Å²) < 4.78 is 81.1. The monoisotopic (exact) mass is 400 g/mol. The smallest absolute Gasteiger partial charge is 0.282 e. The number of nitrogens with zero attached hydrogens (tertiary/aromatic N) is 4. The molecule has 0 bridgehead atoms. The van der Waals surface area contributed by atoms with Crippen LogP contribution in [0.2, 0.25) is 0 Å². The van der Waals surface area contributed by atoms with Crippen LogP contribution in [-0.2, 0) is 4.79 Å². The van der Waals surface area contributed by atoms with Crippen molar-refractivity contribution < 1.29 is 20.2 Å². The van der Waals surface area contributed by atoms with Gasteiger partial charge in [0.05, 0.1) is 28.1 Å². The van der Waals surface area contributed by atoms with Gasteiger partial charge < -0.3 is 20.5 Å². The lowest BCUT2D eigenvalue weighted by Gasteiger charge is -2.34. The Morgan fingerprint density at radius 1 is 1.31 bits per heavy atom. The molecule has 148 valence electrons. The van der Waals surface area contributed by atoms with Crippen LogP contribution in [0.15, 0.2) is 52.9 Å². The summed E-state index contributed by atoms with van der Waals surface area (Å²) in [5.74, 6) is -2.41. The lowest BCUT2D eigenvalue weighted by atomic mass is 9.88. The Balaban J connectivity index is 1.62. The summed E-state index contributed by atoms with van der Waals surface area (Å²) in [7, 11) is 0.977. The minimum Gasteiger partial charge on any atom is -0.400 e. The number of imidazole rings is 1. The van der Waals surface area contributed by atoms with Gasteiger partial charge in [-0.3, -0.25) is 4.79 Å². The first kappa shape index (κ1) is 11.1. The van der Waals surface area contributed by atoms with E-state index in [1.54, 1.807) is 0 Å². The molecule has 1 aromatic carbocycles. The molecule has 7 nitrogen and oxygen atoms in total. The molecule has 1 unspecified atom stereocenters. The van der Waals surface area contributed by atoms with Gasteiger partial charge in [0, 0.05) is 42.9 Å². The third kappa shape index (κ3) is 2.96. The molecule has 29 heavy (non-hydrogen) atoms. The number of aromatic amines is 1. The van der Waals surface area contributed by atoms with Crippen LogP contribution in [0.5, 0.6) is 0 Å². The van der Waals surface area contributed by atoms with E-state index in [-0.39, 0.29) is 39.5 Å². The number of fused-ring (bicyclic) bond motifs is 2. The second-order valence-electron chi connectivity index (χ2n) is 6.64. The molecule has 8 heteroatoms. The number of hydrogen-bond acceptors (Lipinski definition) is 5. The maximum Gasteiger partial charge on any atom is 0.282 e. The molecule has 3 N–H and O–H groups in total. The molecule has 3 aliphatic rings. The van der Waals surface area contributed by atoms with E-state index in [0.29, 0.717) is 9.80 Å². The van der Waals surface area contributed by atoms with Crippen LogP contribution in [0.1, 0.15) is 16.8 Å². The van der Waals surface area contributed by atoms with Crippen LogP contribution in [0.25, 0.3) is 16.6 Å². The molecule has 1 aliphatic carbocycles. The zero-order chi connectivity index (χ0) is 27.3. The summed E-state index contributed by atoms with van der Waals surface area (Å²) in [6.07, 6.45) is 4.11. The topological polar surface area (TPSA) is 90.6 Å². The standard InChI is InChI=1S/C21H21FN6O/c1-27-7-9-28(10-8-27)12-5-6-14-16(11-12)25-20(24-14)18-19(23)17-13(22)3-2-4-15(17)26-21(18)29/h2-6,11,17H,7-10,23H2,1H3,(H,24,25)/i7D2,8D2,9D2,10D2. The zero-order valence-electron chi connectivity index (χ0n) is 23.2. The molecule has 1 fully saturated rings. The van der Waals surface area contributed by atoms with E-state index in [0.717, 1.165) is 7.05 Å². The molecule has 3 heterocycles. The highest BCUT2D eigenvalue weighted by Crippen LogP contribution is 2.34. The van der Waals surface area contributed by atoms with Crippen molar-refractivity contribution in [3.05, 3.63) is 53.8 Å². The third-order valence-electron chi connectivity index (χ3n) is 4.76. The largest absolute Gasteiger partial charge is 0.400 e. The number of benzene rings is 1. The van der Waals surface area contributed by atoms with E-state index in [1.807, 2.05) is 0 Å². The number of H-pyrrole nitrogens is 1. The highest BCUT2D eigenvalue weighted by molar-refractivity contribution is 6.28. The van der Waals surface area contributed by atoms with Crippen molar-refractivity contribution in [1.82, 2.24) is 14.9 Å². The SMILES string of the molecule is [2H]C1([2H])N(C)C([2H])([2H])C([2H])([2H])N(c2ccc3nc(C4=C(N)C5C(F)=CC=CC5=NC4=O)[nH]c3c2)C1([2H])[2H]. The van der Waals surface area contributed by atoms with E-state index in [1.165, 1.54) is 36.4 Å². The minimum atomic E-state index is -3.01. The Morgan fingerprint density at radius 3 is 2.90 bits per heavy atom. The van der Waals surface area contributed by atoms with Gasteiger partial charge in [-0.15, -0.1) is 0 Å². The summed E-state index contributed by atoms with van der Waals surface area (Å²) in [5.41, 5.74) is 6.36. The van der Waals surface area contributed by atoms with E-state index in [4.69, 9.17) is 16.7 Å². The van der Waals surface area contributed by atoms with Crippen molar-refractivity contribution in [3.63, 3.8) is 0 Å². The first-order chi connectivity index (χ1) is 17.0. The summed E-state index contributed by atoms with van der Waals surface area (Å²) >= 11 is 0. The Kier molecular flexibility index (Phi) is 2.54. The number of anilines is 1.